The van der Waals surface area contributed by atoms with E-state index in [1.54, 1.807) is 5.57 Å². The average molecular weight is 766 g/mol. The van der Waals surface area contributed by atoms with Crippen LogP contribution in [0.2, 0.25) is 0 Å². The summed E-state index contributed by atoms with van der Waals surface area (Å²) in [5, 5.41) is 5.50. The van der Waals surface area contributed by atoms with Gasteiger partial charge >= 0.3 is 0 Å². The molecule has 7 aromatic carbocycles. The molecular formula is C56H47NS. The summed E-state index contributed by atoms with van der Waals surface area (Å²) < 4.78 is 2.71. The Balaban J connectivity index is 1.16. The summed E-state index contributed by atoms with van der Waals surface area (Å²) in [6, 6.07) is 58.1. The van der Waals surface area contributed by atoms with Gasteiger partial charge in [0, 0.05) is 38.2 Å². The molecule has 0 fully saturated rings. The Hall–Kier alpha value is -6.09. The molecule has 2 heteroatoms. The number of benzene rings is 7. The predicted octanol–water partition coefficient (Wildman–Crippen LogP) is 15.8. The van der Waals surface area contributed by atoms with Crippen LogP contribution in [0, 0.1) is 0 Å². The Morgan fingerprint density at radius 1 is 0.655 bits per heavy atom. The molecule has 1 heterocycles. The van der Waals surface area contributed by atoms with Crippen molar-refractivity contribution in [3.05, 3.63) is 214 Å². The summed E-state index contributed by atoms with van der Waals surface area (Å²) in [4.78, 5) is 6.04. The van der Waals surface area contributed by atoms with Gasteiger partial charge in [0.15, 0.2) is 0 Å². The van der Waals surface area contributed by atoms with E-state index in [1.807, 2.05) is 11.3 Å². The summed E-state index contributed by atoms with van der Waals surface area (Å²) in [6.45, 7) is 4.43. The van der Waals surface area contributed by atoms with Gasteiger partial charge < -0.3 is 0 Å². The van der Waals surface area contributed by atoms with E-state index in [0.29, 0.717) is 5.92 Å². The maximum Gasteiger partial charge on any atom is 0.0764 e. The van der Waals surface area contributed by atoms with Crippen LogP contribution < -0.4 is 0 Å². The first-order valence-corrected chi connectivity index (χ1v) is 21.7. The van der Waals surface area contributed by atoms with Crippen molar-refractivity contribution in [1.29, 1.82) is 0 Å². The number of hydrogen-bond donors (Lipinski definition) is 0. The van der Waals surface area contributed by atoms with Gasteiger partial charge in [-0.1, -0.05) is 175 Å². The van der Waals surface area contributed by atoms with E-state index in [4.69, 9.17) is 4.99 Å². The first-order chi connectivity index (χ1) is 28.6. The molecule has 0 radical (unpaired) electrons. The second kappa shape index (κ2) is 15.7. The van der Waals surface area contributed by atoms with Gasteiger partial charge in [-0.3, -0.25) is 4.99 Å². The minimum absolute atomic E-state index is 0.0106. The van der Waals surface area contributed by atoms with Crippen molar-refractivity contribution in [2.75, 3.05) is 0 Å². The van der Waals surface area contributed by atoms with Gasteiger partial charge in [-0.25, -0.2) is 0 Å². The Kier molecular flexibility index (Phi) is 9.81. The van der Waals surface area contributed by atoms with Crippen LogP contribution in [0.4, 0.5) is 0 Å². The van der Waals surface area contributed by atoms with Crippen molar-refractivity contribution >= 4 is 59.6 Å². The van der Waals surface area contributed by atoms with Gasteiger partial charge in [0.05, 0.1) is 6.04 Å². The lowest BCUT2D eigenvalue weighted by molar-refractivity contribution is 0.634. The molecule has 2 aliphatic rings. The van der Waals surface area contributed by atoms with E-state index in [9.17, 15) is 0 Å². The lowest BCUT2D eigenvalue weighted by Crippen LogP contribution is -2.09. The van der Waals surface area contributed by atoms with Crippen molar-refractivity contribution in [3.63, 3.8) is 0 Å². The molecular weight excluding hydrogens is 719 g/mol. The van der Waals surface area contributed by atoms with Crippen LogP contribution in [-0.2, 0) is 6.42 Å². The Morgan fingerprint density at radius 3 is 2.19 bits per heavy atom. The zero-order chi connectivity index (χ0) is 39.0. The zero-order valence-electron chi connectivity index (χ0n) is 33.3. The lowest BCUT2D eigenvalue weighted by atomic mass is 9.86. The predicted molar refractivity (Wildman–Crippen MR) is 251 cm³/mol. The topological polar surface area (TPSA) is 12.4 Å². The number of thiophene rings is 1. The van der Waals surface area contributed by atoms with E-state index in [-0.39, 0.29) is 6.04 Å². The van der Waals surface area contributed by atoms with Crippen LogP contribution in [0.5, 0.6) is 0 Å². The second-order valence-electron chi connectivity index (χ2n) is 16.0. The second-order valence-corrected chi connectivity index (χ2v) is 17.1. The monoisotopic (exact) mass is 765 g/mol. The highest BCUT2D eigenvalue weighted by Gasteiger charge is 2.34. The Bertz CT molecular complexity index is 2920. The van der Waals surface area contributed by atoms with Gasteiger partial charge in [0.2, 0.25) is 0 Å². The third kappa shape index (κ3) is 6.76. The largest absolute Gasteiger partial charge is 0.281 e. The molecule has 0 spiro atoms. The highest BCUT2D eigenvalue weighted by atomic mass is 32.1. The fourth-order valence-corrected chi connectivity index (χ4v) is 10.9. The summed E-state index contributed by atoms with van der Waals surface area (Å²) >= 11 is 1.92. The molecule has 10 rings (SSSR count). The highest BCUT2D eigenvalue weighted by molar-refractivity contribution is 7.25. The molecule has 1 nitrogen and oxygen atoms in total. The number of aliphatic imine (C=N–C) groups is 1. The van der Waals surface area contributed by atoms with E-state index in [0.717, 1.165) is 37.8 Å². The number of hydrogen-bond acceptors (Lipinski definition) is 2. The fraction of sp³-hybridized carbons (Fsp3) is 0.161. The molecule has 0 aliphatic heterocycles. The molecule has 0 saturated heterocycles. The maximum absolute atomic E-state index is 6.04. The highest BCUT2D eigenvalue weighted by Crippen LogP contribution is 2.52. The van der Waals surface area contributed by atoms with Gasteiger partial charge in [-0.15, -0.1) is 11.3 Å². The van der Waals surface area contributed by atoms with Crippen LogP contribution in [0.1, 0.15) is 84.9 Å². The standard InChI is InChI=1S/C56H47NS/c1-3-14-45-46-32-33-50(57-51(36-37(2)35-38-15-6-4-7-16-38)42-25-23-40(24-26-42)39-17-8-5-9-18-39)54-43(29-34-53-56(54)49-21-12-13-22-52(49)58-53)28-31-48(46)55-44-20-11-10-19-41(44)27-30-47(45)55/h3-27,29-30,34-35,48,50H,28,31-33,36H2,1-2H3/b14-3-,37-35+,57-51+. The summed E-state index contributed by atoms with van der Waals surface area (Å²) in [5.41, 5.74) is 16.1. The van der Waals surface area contributed by atoms with Crippen LogP contribution in [-0.4, -0.2) is 5.71 Å². The van der Waals surface area contributed by atoms with Crippen molar-refractivity contribution in [3.8, 4) is 11.1 Å². The molecule has 2 unspecified atom stereocenters. The quantitative estimate of drug-likeness (QED) is 0.143. The van der Waals surface area contributed by atoms with E-state index < -0.39 is 0 Å². The summed E-state index contributed by atoms with van der Waals surface area (Å²) in [5.74, 6) is 0.374. The SMILES string of the molecule is C/C=C\C1=C2CCC(/N=C(\C/C(C)=C/c3ccccc3)c3ccc(-c4ccccc4)cc3)c3c(ccc4sc5ccccc5c34)CCC2c2c1ccc1ccccc21. The number of rotatable bonds is 7. The molecule has 282 valence electrons. The molecule has 58 heavy (non-hydrogen) atoms. The third-order valence-electron chi connectivity index (χ3n) is 12.4. The lowest BCUT2D eigenvalue weighted by Gasteiger charge is -2.21. The molecule has 0 saturated carbocycles. The number of fused-ring (bicyclic) bond motifs is 10. The Morgan fingerprint density at radius 2 is 1.38 bits per heavy atom. The molecule has 0 bridgehead atoms. The van der Waals surface area contributed by atoms with Crippen LogP contribution in [0.15, 0.2) is 186 Å². The zero-order valence-corrected chi connectivity index (χ0v) is 34.1. The van der Waals surface area contributed by atoms with Gasteiger partial charge in [0.25, 0.3) is 0 Å². The fourth-order valence-electron chi connectivity index (χ4n) is 9.83. The van der Waals surface area contributed by atoms with Gasteiger partial charge in [0.1, 0.15) is 0 Å². The normalized spacial score (nSPS) is 17.3. The Labute approximate surface area is 346 Å². The van der Waals surface area contributed by atoms with Crippen molar-refractivity contribution in [1.82, 2.24) is 0 Å². The maximum atomic E-state index is 6.04. The van der Waals surface area contributed by atoms with E-state index in [2.05, 4.69) is 190 Å². The van der Waals surface area contributed by atoms with Crippen molar-refractivity contribution in [2.24, 2.45) is 4.99 Å². The number of nitrogens with zero attached hydrogens (tertiary/aromatic N) is 1. The summed E-state index contributed by atoms with van der Waals surface area (Å²) in [6.07, 6.45) is 11.8. The van der Waals surface area contributed by atoms with Crippen molar-refractivity contribution in [2.45, 2.75) is 57.9 Å². The third-order valence-corrected chi connectivity index (χ3v) is 13.5. The van der Waals surface area contributed by atoms with Crippen molar-refractivity contribution < 1.29 is 0 Å². The number of aryl methyl sites for hydroxylation is 1. The molecule has 1 aromatic heterocycles. The van der Waals surface area contributed by atoms with E-state index >= 15 is 0 Å². The molecule has 2 aliphatic carbocycles. The molecule has 0 amide bonds. The van der Waals surface area contributed by atoms with E-state index in [1.165, 1.54) is 86.6 Å². The van der Waals surface area contributed by atoms with Crippen LogP contribution >= 0.6 is 11.3 Å². The van der Waals surface area contributed by atoms with Crippen LogP contribution in [0.3, 0.4) is 0 Å². The smallest absolute Gasteiger partial charge is 0.0764 e. The minimum Gasteiger partial charge on any atom is -0.281 e. The van der Waals surface area contributed by atoms with Gasteiger partial charge in [-0.05, 0) is 113 Å². The van der Waals surface area contributed by atoms with Crippen LogP contribution in [0.25, 0.3) is 53.7 Å². The summed E-state index contributed by atoms with van der Waals surface area (Å²) in [7, 11) is 0. The first kappa shape index (κ1) is 36.3. The molecule has 8 aromatic rings. The van der Waals surface area contributed by atoms with Gasteiger partial charge in [-0.2, -0.15) is 0 Å². The minimum atomic E-state index is -0.0106. The number of allylic oxidation sites excluding steroid dienone is 5. The first-order valence-electron chi connectivity index (χ1n) is 20.9. The molecule has 0 N–H and O–H groups in total. The molecule has 2 atom stereocenters. The average Bonchev–Trinajstić information content (AvgIpc) is 3.81.